The number of aliphatic hydroxyl groups excluding tert-OH is 1. The van der Waals surface area contributed by atoms with Gasteiger partial charge >= 0.3 is 0 Å². The lowest BCUT2D eigenvalue weighted by molar-refractivity contribution is -0.111. The molecule has 4 nitrogen and oxygen atoms in total. The molecule has 4 aliphatic rings. The Labute approximate surface area is 143 Å². The van der Waals surface area contributed by atoms with Crippen LogP contribution in [-0.2, 0) is 11.8 Å². The van der Waals surface area contributed by atoms with Gasteiger partial charge in [-0.25, -0.2) is 0 Å². The molecular weight excluding hydrogens is 302 g/mol. The first kappa shape index (κ1) is 15.0. The Balaban J connectivity index is 1.71. The highest BCUT2D eigenvalue weighted by Gasteiger charge is 2.65. The topological polar surface area (TPSA) is 52.9 Å². The molecule has 6 atom stereocenters. The highest BCUT2D eigenvalue weighted by molar-refractivity contribution is 5.60. The Morgan fingerprint density at radius 1 is 1.38 bits per heavy atom. The molecule has 0 amide bonds. The first-order valence-corrected chi connectivity index (χ1v) is 9.53. The fraction of sp³-hybridized carbons (Fsp3) is 0.700. The Morgan fingerprint density at radius 3 is 3.00 bits per heavy atom. The predicted octanol–water partition coefficient (Wildman–Crippen LogP) is 2.59. The van der Waals surface area contributed by atoms with Gasteiger partial charge in [0, 0.05) is 23.1 Å². The quantitative estimate of drug-likeness (QED) is 0.876. The molecular formula is C20H27NO3. The van der Waals surface area contributed by atoms with Gasteiger partial charge in [-0.1, -0.05) is 13.0 Å². The van der Waals surface area contributed by atoms with Crippen molar-refractivity contribution < 1.29 is 14.9 Å². The highest BCUT2D eigenvalue weighted by atomic mass is 16.5. The molecule has 0 aromatic heterocycles. The summed E-state index contributed by atoms with van der Waals surface area (Å²) in [6.07, 6.45) is 4.52. The number of piperidine rings is 1. The Kier molecular flexibility index (Phi) is 3.06. The molecule has 130 valence electrons. The monoisotopic (exact) mass is 329 g/mol. The summed E-state index contributed by atoms with van der Waals surface area (Å²) >= 11 is 0. The molecule has 2 N–H and O–H groups in total. The van der Waals surface area contributed by atoms with Gasteiger partial charge in [-0.3, -0.25) is 4.90 Å². The average Bonchev–Trinajstić information content (AvgIpc) is 2.93. The van der Waals surface area contributed by atoms with Gasteiger partial charge < -0.3 is 14.9 Å². The van der Waals surface area contributed by atoms with Crippen molar-refractivity contribution in [3.05, 3.63) is 23.3 Å². The Morgan fingerprint density at radius 2 is 2.21 bits per heavy atom. The van der Waals surface area contributed by atoms with E-state index in [1.54, 1.807) is 6.07 Å². The second kappa shape index (κ2) is 4.89. The van der Waals surface area contributed by atoms with Crippen molar-refractivity contribution in [2.24, 2.45) is 5.92 Å². The van der Waals surface area contributed by atoms with Gasteiger partial charge in [0.2, 0.25) is 0 Å². The van der Waals surface area contributed by atoms with Crippen LogP contribution in [0.5, 0.6) is 11.5 Å². The van der Waals surface area contributed by atoms with Gasteiger partial charge in [0.05, 0.1) is 6.10 Å². The minimum absolute atomic E-state index is 0.0893. The number of aromatic hydroxyl groups is 1. The number of hydrogen-bond acceptors (Lipinski definition) is 4. The minimum Gasteiger partial charge on any atom is -0.504 e. The zero-order chi connectivity index (χ0) is 16.6. The van der Waals surface area contributed by atoms with Crippen molar-refractivity contribution in [2.45, 2.75) is 75.7 Å². The lowest BCUT2D eigenvalue weighted by atomic mass is 9.51. The predicted molar refractivity (Wildman–Crippen MR) is 91.5 cm³/mol. The molecule has 2 heterocycles. The molecule has 0 radical (unpaired) electrons. The van der Waals surface area contributed by atoms with Crippen molar-refractivity contribution in [1.29, 1.82) is 0 Å². The summed E-state index contributed by atoms with van der Waals surface area (Å²) in [5.74, 6) is 1.44. The molecule has 2 fully saturated rings. The summed E-state index contributed by atoms with van der Waals surface area (Å²) in [4.78, 5) is 2.71. The Hall–Kier alpha value is -1.26. The third-order valence-corrected chi connectivity index (χ3v) is 7.49. The van der Waals surface area contributed by atoms with Crippen LogP contribution in [0.1, 0.15) is 50.7 Å². The van der Waals surface area contributed by atoms with E-state index in [1.807, 2.05) is 0 Å². The normalized spacial score (nSPS) is 40.8. The number of phenols is 1. The largest absolute Gasteiger partial charge is 0.504 e. The van der Waals surface area contributed by atoms with E-state index in [9.17, 15) is 10.2 Å². The van der Waals surface area contributed by atoms with Crippen LogP contribution in [0, 0.1) is 5.92 Å². The fourth-order valence-electron chi connectivity index (χ4n) is 6.33. The molecule has 5 rings (SSSR count). The van der Waals surface area contributed by atoms with Gasteiger partial charge in [-0.2, -0.15) is 0 Å². The number of rotatable bonds is 2. The van der Waals surface area contributed by atoms with Crippen LogP contribution in [0.15, 0.2) is 12.1 Å². The summed E-state index contributed by atoms with van der Waals surface area (Å²) in [5, 5.41) is 21.0. The second-order valence-corrected chi connectivity index (χ2v) is 8.29. The summed E-state index contributed by atoms with van der Waals surface area (Å²) in [6.45, 7) is 5.68. The first-order valence-electron chi connectivity index (χ1n) is 9.53. The van der Waals surface area contributed by atoms with E-state index in [-0.39, 0.29) is 17.3 Å². The number of likely N-dealkylation sites (tertiary alicyclic amines) is 1. The van der Waals surface area contributed by atoms with Crippen LogP contribution >= 0.6 is 0 Å². The first-order chi connectivity index (χ1) is 11.6. The number of aliphatic hydroxyl groups is 1. The van der Waals surface area contributed by atoms with Crippen molar-refractivity contribution in [3.8, 4) is 11.5 Å². The zero-order valence-electron chi connectivity index (χ0n) is 14.5. The molecule has 2 aliphatic carbocycles. The maximum atomic E-state index is 10.7. The van der Waals surface area contributed by atoms with E-state index >= 15 is 0 Å². The zero-order valence-corrected chi connectivity index (χ0v) is 14.5. The molecule has 1 saturated heterocycles. The molecule has 2 bridgehead atoms. The summed E-state index contributed by atoms with van der Waals surface area (Å²) in [7, 11) is 0. The molecule has 24 heavy (non-hydrogen) atoms. The fourth-order valence-corrected chi connectivity index (χ4v) is 6.33. The number of ether oxygens (including phenoxy) is 1. The lowest BCUT2D eigenvalue weighted by Gasteiger charge is -2.60. The standard InChI is InChI=1S/C20H27NO3/c1-3-11(2)21-9-8-20-13-5-7-16(23)19(20)24-18-15(22)6-4-12(17(18)20)10-14(13)21/h4,6,11,13-14,16,19,22-23H,3,5,7-10H2,1-2H3/t11-,13?,14-,16?,19+,20+/m1/s1. The maximum Gasteiger partial charge on any atom is 0.165 e. The molecule has 1 spiro atoms. The summed E-state index contributed by atoms with van der Waals surface area (Å²) in [6, 6.07) is 5.00. The smallest absolute Gasteiger partial charge is 0.165 e. The van der Waals surface area contributed by atoms with Crippen LogP contribution < -0.4 is 4.74 Å². The van der Waals surface area contributed by atoms with E-state index in [0.717, 1.165) is 32.2 Å². The van der Waals surface area contributed by atoms with Crippen LogP contribution in [0.25, 0.3) is 0 Å². The summed E-state index contributed by atoms with van der Waals surface area (Å²) in [5.41, 5.74) is 2.47. The number of nitrogens with zero attached hydrogens (tertiary/aromatic N) is 1. The Bertz CT molecular complexity index is 690. The third kappa shape index (κ3) is 1.62. The van der Waals surface area contributed by atoms with E-state index in [2.05, 4.69) is 24.8 Å². The van der Waals surface area contributed by atoms with Crippen molar-refractivity contribution in [2.75, 3.05) is 6.54 Å². The summed E-state index contributed by atoms with van der Waals surface area (Å²) < 4.78 is 6.23. The van der Waals surface area contributed by atoms with E-state index in [1.165, 1.54) is 17.5 Å². The van der Waals surface area contributed by atoms with Gasteiger partial charge in [-0.15, -0.1) is 0 Å². The number of benzene rings is 1. The van der Waals surface area contributed by atoms with Crippen LogP contribution in [-0.4, -0.2) is 45.9 Å². The van der Waals surface area contributed by atoms with Crippen molar-refractivity contribution in [1.82, 2.24) is 4.90 Å². The van der Waals surface area contributed by atoms with Crippen LogP contribution in [0.4, 0.5) is 0 Å². The second-order valence-electron chi connectivity index (χ2n) is 8.29. The van der Waals surface area contributed by atoms with Crippen molar-refractivity contribution >= 4 is 0 Å². The van der Waals surface area contributed by atoms with E-state index < -0.39 is 6.10 Å². The molecule has 1 aromatic rings. The molecule has 2 unspecified atom stereocenters. The third-order valence-electron chi connectivity index (χ3n) is 7.49. The number of phenolic OH excluding ortho intramolecular Hbond substituents is 1. The van der Waals surface area contributed by atoms with Crippen LogP contribution in [0.3, 0.4) is 0 Å². The average molecular weight is 329 g/mol. The van der Waals surface area contributed by atoms with Crippen molar-refractivity contribution in [3.63, 3.8) is 0 Å². The number of hydrogen-bond donors (Lipinski definition) is 2. The minimum atomic E-state index is -0.421. The van der Waals surface area contributed by atoms with Gasteiger partial charge in [-0.05, 0) is 63.1 Å². The molecule has 2 aliphatic heterocycles. The lowest BCUT2D eigenvalue weighted by Crippen LogP contribution is -2.67. The molecule has 4 heteroatoms. The highest BCUT2D eigenvalue weighted by Crippen LogP contribution is 2.63. The van der Waals surface area contributed by atoms with Crippen LogP contribution in [0.2, 0.25) is 0 Å². The molecule has 1 saturated carbocycles. The van der Waals surface area contributed by atoms with E-state index in [0.29, 0.717) is 23.8 Å². The maximum absolute atomic E-state index is 10.7. The van der Waals surface area contributed by atoms with Gasteiger partial charge in [0.1, 0.15) is 6.10 Å². The molecule has 1 aromatic carbocycles. The SMILES string of the molecule is CC[C@@H](C)N1CC[C@]23c4c5ccc(O)c4O[C@H]2C(O)CCC3[C@H]1C5. The van der Waals surface area contributed by atoms with Gasteiger partial charge in [0.25, 0.3) is 0 Å². The van der Waals surface area contributed by atoms with Gasteiger partial charge in [0.15, 0.2) is 11.5 Å². The van der Waals surface area contributed by atoms with E-state index in [4.69, 9.17) is 4.74 Å².